The third-order valence-corrected chi connectivity index (χ3v) is 7.81. The highest BCUT2D eigenvalue weighted by atomic mass is 32.2. The molecule has 0 radical (unpaired) electrons. The molecule has 1 aliphatic heterocycles. The first kappa shape index (κ1) is 27.1. The highest BCUT2D eigenvalue weighted by Gasteiger charge is 2.50. The summed E-state index contributed by atoms with van der Waals surface area (Å²) in [5.74, 6) is 0.199. The Balaban J connectivity index is 0.00000308. The zero-order valence-corrected chi connectivity index (χ0v) is 23.3. The van der Waals surface area contributed by atoms with Gasteiger partial charge < -0.3 is 4.18 Å². The van der Waals surface area contributed by atoms with Gasteiger partial charge in [0.1, 0.15) is 11.5 Å². The molecule has 202 valence electrons. The number of piperidine rings is 1. The lowest BCUT2D eigenvalue weighted by molar-refractivity contribution is 0.0226. The van der Waals surface area contributed by atoms with E-state index in [0.717, 1.165) is 22.5 Å². The molecule has 1 aromatic carbocycles. The predicted octanol–water partition coefficient (Wildman–Crippen LogP) is 4.26. The van der Waals surface area contributed by atoms with Crippen LogP contribution in [0.5, 0.6) is 5.88 Å². The molecule has 1 unspecified atom stereocenters. The van der Waals surface area contributed by atoms with Gasteiger partial charge in [-0.05, 0) is 60.9 Å². The highest BCUT2D eigenvalue weighted by Crippen LogP contribution is 2.46. The fourth-order valence-corrected chi connectivity index (χ4v) is 5.69. The quantitative estimate of drug-likeness (QED) is 0.187. The van der Waals surface area contributed by atoms with Crippen molar-refractivity contribution in [3.8, 4) is 11.6 Å². The number of carbonyl (C=O) groups is 1. The Morgan fingerprint density at radius 1 is 1.18 bits per heavy atom. The molecular formula is C27H28FN7O2S2. The topological polar surface area (TPSA) is 81.3 Å². The molecule has 1 atom stereocenters. The Morgan fingerprint density at radius 2 is 2.00 bits per heavy atom. The number of hydrogen-bond acceptors (Lipinski definition) is 8. The van der Waals surface area contributed by atoms with Crippen LogP contribution < -0.4 is 4.18 Å². The van der Waals surface area contributed by atoms with E-state index in [4.69, 9.17) is 4.18 Å². The maximum Gasteiger partial charge on any atom is 0.248 e. The van der Waals surface area contributed by atoms with Crippen LogP contribution in [0.3, 0.4) is 0 Å². The molecule has 12 heteroatoms. The molecule has 1 aliphatic carbocycles. The predicted molar refractivity (Wildman–Crippen MR) is 152 cm³/mol. The lowest BCUT2D eigenvalue weighted by Crippen LogP contribution is -2.54. The van der Waals surface area contributed by atoms with Crippen LogP contribution in [0.15, 0.2) is 72.7 Å². The molecule has 4 aromatic rings. The van der Waals surface area contributed by atoms with Crippen LogP contribution in [-0.2, 0) is 13.5 Å². The van der Waals surface area contributed by atoms with Gasteiger partial charge >= 0.3 is 0 Å². The minimum absolute atomic E-state index is 0. The Bertz CT molecular complexity index is 1510. The zero-order chi connectivity index (χ0) is 26.3. The second kappa shape index (κ2) is 11.0. The highest BCUT2D eigenvalue weighted by molar-refractivity contribution is 7.92. The minimum atomic E-state index is -0.809. The fraction of sp³-hybridized carbons (Fsp3) is 0.259. The number of hydrazine groups is 1. The van der Waals surface area contributed by atoms with Gasteiger partial charge in [0.25, 0.3) is 0 Å². The number of benzene rings is 1. The number of aromatic nitrogens is 5. The van der Waals surface area contributed by atoms with E-state index in [2.05, 4.69) is 26.3 Å². The molecule has 39 heavy (non-hydrogen) atoms. The molecule has 4 heterocycles. The lowest BCUT2D eigenvalue weighted by Gasteiger charge is -2.46. The molecule has 9 nitrogen and oxygen atoms in total. The summed E-state index contributed by atoms with van der Waals surface area (Å²) in [4.78, 5) is 18.6. The van der Waals surface area contributed by atoms with Gasteiger partial charge in [-0.1, -0.05) is 11.6 Å². The third-order valence-electron chi connectivity index (χ3n) is 7.12. The molecule has 1 fully saturated rings. The van der Waals surface area contributed by atoms with Crippen molar-refractivity contribution in [1.29, 1.82) is 0 Å². The number of pyridine rings is 1. The molecule has 0 spiro atoms. The van der Waals surface area contributed by atoms with Gasteiger partial charge in [0, 0.05) is 45.6 Å². The summed E-state index contributed by atoms with van der Waals surface area (Å²) < 4.78 is 24.7. The van der Waals surface area contributed by atoms with Crippen molar-refractivity contribution in [2.75, 3.05) is 20.1 Å². The molecule has 1 saturated heterocycles. The van der Waals surface area contributed by atoms with E-state index in [0.29, 0.717) is 37.5 Å². The number of nitrogens with zero attached hydrogens (tertiary/aromatic N) is 7. The van der Waals surface area contributed by atoms with E-state index >= 15 is 0 Å². The SMILES string of the molecule is CN(SOc1ccn(C)n1)N1CCC2=Cc3c(cnn3-c3ccc(F)cc3)CC2(C(=O)c2ccccn2)C1.S. The van der Waals surface area contributed by atoms with Crippen LogP contribution in [0.4, 0.5) is 4.39 Å². The fourth-order valence-electron chi connectivity index (χ4n) is 5.18. The number of carbonyl (C=O) groups excluding carboxylic acids is 1. The number of Topliss-reactive ketones (excluding diaryl/α,β-unsaturated/α-hetero) is 1. The normalized spacial score (nSPS) is 18.6. The van der Waals surface area contributed by atoms with E-state index in [-0.39, 0.29) is 25.1 Å². The summed E-state index contributed by atoms with van der Waals surface area (Å²) in [6, 6.07) is 13.5. The lowest BCUT2D eigenvalue weighted by atomic mass is 9.65. The van der Waals surface area contributed by atoms with E-state index in [9.17, 15) is 9.18 Å². The zero-order valence-electron chi connectivity index (χ0n) is 21.5. The summed E-state index contributed by atoms with van der Waals surface area (Å²) in [7, 11) is 3.75. The Hall–Kier alpha value is -3.45. The van der Waals surface area contributed by atoms with Crippen LogP contribution in [0.2, 0.25) is 0 Å². The van der Waals surface area contributed by atoms with Crippen LogP contribution in [0.25, 0.3) is 11.8 Å². The second-order valence-corrected chi connectivity index (χ2v) is 10.3. The number of fused-ring (bicyclic) bond motifs is 2. The molecule has 2 aliphatic rings. The van der Waals surface area contributed by atoms with Gasteiger partial charge in [0.05, 0.1) is 23.0 Å². The second-order valence-electron chi connectivity index (χ2n) is 9.50. The number of aryl methyl sites for hydroxylation is 1. The van der Waals surface area contributed by atoms with Crippen molar-refractivity contribution in [3.63, 3.8) is 0 Å². The largest absolute Gasteiger partial charge is 0.387 e. The molecule has 0 saturated carbocycles. The van der Waals surface area contributed by atoms with Gasteiger partial charge in [-0.3, -0.25) is 14.5 Å². The first-order valence-corrected chi connectivity index (χ1v) is 13.0. The van der Waals surface area contributed by atoms with E-state index < -0.39 is 5.41 Å². The first-order valence-electron chi connectivity index (χ1n) is 12.3. The minimum Gasteiger partial charge on any atom is -0.387 e. The summed E-state index contributed by atoms with van der Waals surface area (Å²) in [5.41, 5.74) is 3.33. The van der Waals surface area contributed by atoms with Crippen molar-refractivity contribution in [2.45, 2.75) is 12.8 Å². The standard InChI is InChI=1S/C27H26FN7O2S.H2S/c1-32-13-11-25(31-32)37-38-33(2)34-14-10-20-15-24-19(17-30-35(24)22-8-6-21(28)7-9-22)16-27(20,18-34)26(36)23-5-3-4-12-29-23;/h3-9,11-13,15,17H,10,14,16,18H2,1-2H3;1H2. The van der Waals surface area contributed by atoms with Gasteiger partial charge in [0.2, 0.25) is 5.88 Å². The number of hydrogen-bond donors (Lipinski definition) is 0. The van der Waals surface area contributed by atoms with Crippen LogP contribution in [0, 0.1) is 11.2 Å². The maximum atomic E-state index is 14.2. The summed E-state index contributed by atoms with van der Waals surface area (Å²) >= 11 is 1.17. The summed E-state index contributed by atoms with van der Waals surface area (Å²) in [6.07, 6.45) is 8.53. The van der Waals surface area contributed by atoms with Crippen LogP contribution >= 0.6 is 25.7 Å². The molecule has 0 bridgehead atoms. The molecule has 0 amide bonds. The average molecular weight is 566 g/mol. The summed E-state index contributed by atoms with van der Waals surface area (Å²) in [6.45, 7) is 1.17. The average Bonchev–Trinajstić information content (AvgIpc) is 3.55. The maximum absolute atomic E-state index is 14.2. The van der Waals surface area contributed by atoms with Crippen molar-refractivity contribution in [2.24, 2.45) is 12.5 Å². The van der Waals surface area contributed by atoms with E-state index in [1.165, 1.54) is 24.4 Å². The first-order chi connectivity index (χ1) is 18.4. The number of ketones is 1. The van der Waals surface area contributed by atoms with Crippen molar-refractivity contribution in [3.05, 3.63) is 95.5 Å². The summed E-state index contributed by atoms with van der Waals surface area (Å²) in [5, 5.41) is 11.0. The Kier molecular flexibility index (Phi) is 7.63. The number of rotatable bonds is 7. The number of halogens is 1. The van der Waals surface area contributed by atoms with Gasteiger partial charge in [-0.2, -0.15) is 23.0 Å². The third kappa shape index (κ3) is 5.12. The monoisotopic (exact) mass is 565 g/mol. The van der Waals surface area contributed by atoms with Crippen molar-refractivity contribution >= 4 is 37.6 Å². The van der Waals surface area contributed by atoms with E-state index in [1.54, 1.807) is 41.3 Å². The molecule has 3 aromatic heterocycles. The van der Waals surface area contributed by atoms with Gasteiger partial charge in [-0.15, -0.1) is 5.10 Å². The van der Waals surface area contributed by atoms with Gasteiger partial charge in [-0.25, -0.2) is 14.1 Å². The van der Waals surface area contributed by atoms with Crippen LogP contribution in [-0.4, -0.2) is 59.9 Å². The van der Waals surface area contributed by atoms with Crippen LogP contribution in [0.1, 0.15) is 28.2 Å². The smallest absolute Gasteiger partial charge is 0.248 e. The van der Waals surface area contributed by atoms with E-state index in [1.807, 2.05) is 41.5 Å². The Morgan fingerprint density at radius 3 is 2.72 bits per heavy atom. The molecule has 0 N–H and O–H groups in total. The molecular weight excluding hydrogens is 537 g/mol. The van der Waals surface area contributed by atoms with Crippen molar-refractivity contribution in [1.82, 2.24) is 34.0 Å². The van der Waals surface area contributed by atoms with Crippen molar-refractivity contribution < 1.29 is 13.4 Å². The molecule has 6 rings (SSSR count). The van der Waals surface area contributed by atoms with Gasteiger partial charge in [0.15, 0.2) is 18.0 Å². The Labute approximate surface area is 237 Å².